The van der Waals surface area contributed by atoms with Crippen LogP contribution in [0.25, 0.3) is 0 Å². The van der Waals surface area contributed by atoms with E-state index in [1.54, 1.807) is 0 Å². The largest absolute Gasteiger partial charge is 0.372 e. The average molecular weight is 249 g/mol. The van der Waals surface area contributed by atoms with Crippen LogP contribution in [0.5, 0.6) is 0 Å². The zero-order chi connectivity index (χ0) is 13.1. The first-order chi connectivity index (χ1) is 8.60. The van der Waals surface area contributed by atoms with E-state index in [0.29, 0.717) is 6.04 Å². The van der Waals surface area contributed by atoms with E-state index in [4.69, 9.17) is 4.74 Å². The summed E-state index contributed by atoms with van der Waals surface area (Å²) in [6.07, 6.45) is 2.53. The summed E-state index contributed by atoms with van der Waals surface area (Å²) in [4.78, 5) is 6.88. The third-order valence-corrected chi connectivity index (χ3v) is 3.43. The van der Waals surface area contributed by atoms with E-state index in [0.717, 1.165) is 18.8 Å². The summed E-state index contributed by atoms with van der Waals surface area (Å²) in [7, 11) is 1.95. The number of morpholine rings is 1. The molecule has 2 rings (SSSR count). The van der Waals surface area contributed by atoms with Crippen molar-refractivity contribution < 1.29 is 4.74 Å². The molecule has 0 aromatic carbocycles. The van der Waals surface area contributed by atoms with Crippen LogP contribution in [0.4, 0.5) is 5.69 Å². The fourth-order valence-corrected chi connectivity index (χ4v) is 2.38. The molecule has 1 saturated heterocycles. The molecule has 4 heteroatoms. The predicted octanol–water partition coefficient (Wildman–Crippen LogP) is 1.98. The van der Waals surface area contributed by atoms with E-state index in [1.807, 2.05) is 13.2 Å². The molecular weight excluding hydrogens is 226 g/mol. The zero-order valence-corrected chi connectivity index (χ0v) is 11.7. The Morgan fingerprint density at radius 1 is 1.33 bits per heavy atom. The first-order valence-corrected chi connectivity index (χ1v) is 6.63. The molecule has 0 radical (unpaired) electrons. The fraction of sp³-hybridized carbons (Fsp3) is 0.643. The van der Waals surface area contributed by atoms with Gasteiger partial charge in [-0.25, -0.2) is 0 Å². The number of nitrogens with one attached hydrogen (secondary N) is 1. The summed E-state index contributed by atoms with van der Waals surface area (Å²) in [6.45, 7) is 8.22. The van der Waals surface area contributed by atoms with Crippen molar-refractivity contribution in [2.24, 2.45) is 0 Å². The van der Waals surface area contributed by atoms with Gasteiger partial charge in [-0.1, -0.05) is 0 Å². The van der Waals surface area contributed by atoms with Crippen molar-refractivity contribution in [3.05, 3.63) is 24.0 Å². The van der Waals surface area contributed by atoms with Crippen LogP contribution in [0, 0.1) is 0 Å². The lowest BCUT2D eigenvalue weighted by molar-refractivity contribution is -0.00523. The highest BCUT2D eigenvalue weighted by atomic mass is 16.5. The van der Waals surface area contributed by atoms with Crippen LogP contribution in [0.15, 0.2) is 18.3 Å². The Morgan fingerprint density at radius 3 is 2.50 bits per heavy atom. The minimum Gasteiger partial charge on any atom is -0.372 e. The van der Waals surface area contributed by atoms with E-state index >= 15 is 0 Å². The van der Waals surface area contributed by atoms with Crippen molar-refractivity contribution in [2.75, 3.05) is 25.0 Å². The minimum absolute atomic E-state index is 0.282. The van der Waals surface area contributed by atoms with Gasteiger partial charge in [0.25, 0.3) is 0 Å². The Morgan fingerprint density at radius 2 is 2.00 bits per heavy atom. The smallest absolute Gasteiger partial charge is 0.0726 e. The molecule has 1 aliphatic rings. The summed E-state index contributed by atoms with van der Waals surface area (Å²) < 4.78 is 5.75. The van der Waals surface area contributed by atoms with Crippen LogP contribution >= 0.6 is 0 Å². The lowest BCUT2D eigenvalue weighted by Crippen LogP contribution is -2.45. The molecule has 1 unspecified atom stereocenters. The SMILES string of the molecule is CNC(C)c1ccc(N2C[C@@H](C)O[C@@H](C)C2)cn1. The Hall–Kier alpha value is -1.13. The van der Waals surface area contributed by atoms with Crippen LogP contribution in [0.1, 0.15) is 32.5 Å². The number of hydrogen-bond acceptors (Lipinski definition) is 4. The summed E-state index contributed by atoms with van der Waals surface area (Å²) in [6, 6.07) is 4.55. The van der Waals surface area contributed by atoms with Crippen molar-refractivity contribution in [2.45, 2.75) is 39.0 Å². The quantitative estimate of drug-likeness (QED) is 0.889. The van der Waals surface area contributed by atoms with Crippen LogP contribution in [0.3, 0.4) is 0 Å². The van der Waals surface area contributed by atoms with Crippen molar-refractivity contribution in [3.8, 4) is 0 Å². The molecule has 0 saturated carbocycles. The van der Waals surface area contributed by atoms with Crippen LogP contribution in [-0.2, 0) is 4.74 Å². The van der Waals surface area contributed by atoms with Gasteiger partial charge in [-0.2, -0.15) is 0 Å². The normalized spacial score (nSPS) is 26.1. The monoisotopic (exact) mass is 249 g/mol. The molecule has 0 aliphatic carbocycles. The van der Waals surface area contributed by atoms with E-state index in [-0.39, 0.29) is 12.2 Å². The molecule has 4 nitrogen and oxygen atoms in total. The molecule has 18 heavy (non-hydrogen) atoms. The van der Waals surface area contributed by atoms with Gasteiger partial charge in [0.2, 0.25) is 0 Å². The maximum absolute atomic E-state index is 5.75. The van der Waals surface area contributed by atoms with Crippen molar-refractivity contribution in [1.82, 2.24) is 10.3 Å². The van der Waals surface area contributed by atoms with Crippen molar-refractivity contribution >= 4 is 5.69 Å². The maximum Gasteiger partial charge on any atom is 0.0726 e. The summed E-state index contributed by atoms with van der Waals surface area (Å²) in [5, 5.41) is 3.20. The van der Waals surface area contributed by atoms with E-state index in [1.165, 1.54) is 5.69 Å². The molecule has 1 aliphatic heterocycles. The minimum atomic E-state index is 0.282. The van der Waals surface area contributed by atoms with Gasteiger partial charge in [0.15, 0.2) is 0 Å². The van der Waals surface area contributed by atoms with Gasteiger partial charge in [0, 0.05) is 19.1 Å². The number of anilines is 1. The molecule has 2 heterocycles. The number of rotatable bonds is 3. The highest BCUT2D eigenvalue weighted by Gasteiger charge is 2.22. The summed E-state index contributed by atoms with van der Waals surface area (Å²) in [5.74, 6) is 0. The molecule has 1 aromatic rings. The number of nitrogens with zero attached hydrogens (tertiary/aromatic N) is 2. The third-order valence-electron chi connectivity index (χ3n) is 3.43. The van der Waals surface area contributed by atoms with E-state index in [2.05, 4.69) is 48.1 Å². The maximum atomic E-state index is 5.75. The third kappa shape index (κ3) is 3.00. The number of hydrogen-bond donors (Lipinski definition) is 1. The lowest BCUT2D eigenvalue weighted by Gasteiger charge is -2.36. The van der Waals surface area contributed by atoms with E-state index < -0.39 is 0 Å². The molecule has 0 amide bonds. The Kier molecular flexibility index (Phi) is 4.19. The molecule has 0 bridgehead atoms. The molecule has 1 fully saturated rings. The van der Waals surface area contributed by atoms with Gasteiger partial charge >= 0.3 is 0 Å². The highest BCUT2D eigenvalue weighted by molar-refractivity contribution is 5.45. The van der Waals surface area contributed by atoms with Gasteiger partial charge < -0.3 is 15.0 Å². The molecular formula is C14H23N3O. The van der Waals surface area contributed by atoms with Gasteiger partial charge in [-0.3, -0.25) is 4.98 Å². The second-order valence-electron chi connectivity index (χ2n) is 5.11. The first kappa shape index (κ1) is 13.3. The summed E-state index contributed by atoms with van der Waals surface area (Å²) in [5.41, 5.74) is 2.26. The highest BCUT2D eigenvalue weighted by Crippen LogP contribution is 2.20. The van der Waals surface area contributed by atoms with Gasteiger partial charge in [0.1, 0.15) is 0 Å². The zero-order valence-electron chi connectivity index (χ0n) is 11.7. The van der Waals surface area contributed by atoms with Crippen LogP contribution in [0.2, 0.25) is 0 Å². The fourth-order valence-electron chi connectivity index (χ4n) is 2.38. The Labute approximate surface area is 109 Å². The number of aromatic nitrogens is 1. The summed E-state index contributed by atoms with van der Waals surface area (Å²) >= 11 is 0. The van der Waals surface area contributed by atoms with Crippen molar-refractivity contribution in [3.63, 3.8) is 0 Å². The van der Waals surface area contributed by atoms with Crippen molar-refractivity contribution in [1.29, 1.82) is 0 Å². The Bertz CT molecular complexity index is 369. The second-order valence-corrected chi connectivity index (χ2v) is 5.11. The van der Waals surface area contributed by atoms with Crippen LogP contribution in [-0.4, -0.2) is 37.3 Å². The van der Waals surface area contributed by atoms with E-state index in [9.17, 15) is 0 Å². The van der Waals surface area contributed by atoms with Gasteiger partial charge in [-0.05, 0) is 40.0 Å². The lowest BCUT2D eigenvalue weighted by atomic mass is 10.2. The number of ether oxygens (including phenoxy) is 1. The molecule has 1 N–H and O–H groups in total. The first-order valence-electron chi connectivity index (χ1n) is 6.63. The predicted molar refractivity (Wildman–Crippen MR) is 73.9 cm³/mol. The van der Waals surface area contributed by atoms with Gasteiger partial charge in [0.05, 0.1) is 29.8 Å². The average Bonchev–Trinajstić information content (AvgIpc) is 2.37. The van der Waals surface area contributed by atoms with Crippen LogP contribution < -0.4 is 10.2 Å². The Balaban J connectivity index is 2.09. The standard InChI is InChI=1S/C14H23N3O/c1-10-8-17(9-11(2)18-10)13-5-6-14(16-7-13)12(3)15-4/h5-7,10-12,15H,8-9H2,1-4H3/t10-,11+,12?. The van der Waals surface area contributed by atoms with Gasteiger partial charge in [-0.15, -0.1) is 0 Å². The number of pyridine rings is 1. The second kappa shape index (κ2) is 5.67. The molecule has 100 valence electrons. The molecule has 0 spiro atoms. The molecule has 1 aromatic heterocycles. The molecule has 3 atom stereocenters. The topological polar surface area (TPSA) is 37.4 Å².